The maximum atomic E-state index is 5.88. The van der Waals surface area contributed by atoms with E-state index in [1.54, 1.807) is 0 Å². The normalized spacial score (nSPS) is 25.3. The van der Waals surface area contributed by atoms with E-state index in [2.05, 4.69) is 26.0 Å². The number of rotatable bonds is 0. The molecule has 0 saturated carbocycles. The first-order valence-electron chi connectivity index (χ1n) is 3.38. The Bertz CT molecular complexity index is 209. The first kappa shape index (κ1) is 7.62. The van der Waals surface area contributed by atoms with Gasteiger partial charge in [-0.2, -0.15) is 0 Å². The van der Waals surface area contributed by atoms with Gasteiger partial charge in [0.2, 0.25) is 0 Å². The molecule has 1 heteroatoms. The van der Waals surface area contributed by atoms with E-state index >= 15 is 0 Å². The molecule has 0 N–H and O–H groups in total. The van der Waals surface area contributed by atoms with Crippen LogP contribution in [0.1, 0.15) is 13.8 Å². The van der Waals surface area contributed by atoms with Gasteiger partial charge in [-0.1, -0.05) is 29.9 Å². The van der Waals surface area contributed by atoms with Crippen LogP contribution in [0.4, 0.5) is 0 Å². The average molecular weight is 155 g/mol. The van der Waals surface area contributed by atoms with Gasteiger partial charge in [-0.05, 0) is 19.4 Å². The molecule has 0 fully saturated rings. The predicted octanol–water partition coefficient (Wildman–Crippen LogP) is 3.06. The van der Waals surface area contributed by atoms with Crippen LogP contribution in [0.2, 0.25) is 0 Å². The average Bonchev–Trinajstić information content (AvgIpc) is 1.96. The summed E-state index contributed by atoms with van der Waals surface area (Å²) in [6.07, 6.45) is 8.10. The fourth-order valence-electron chi connectivity index (χ4n) is 0.863. The van der Waals surface area contributed by atoms with E-state index < -0.39 is 0 Å². The van der Waals surface area contributed by atoms with Crippen molar-refractivity contribution in [3.63, 3.8) is 0 Å². The molecule has 54 valence electrons. The molecule has 0 aromatic rings. The summed E-state index contributed by atoms with van der Waals surface area (Å²) in [5.41, 5.74) is 2.56. The Morgan fingerprint density at radius 2 is 2.00 bits per heavy atom. The highest BCUT2D eigenvalue weighted by Gasteiger charge is 1.99. The fraction of sp³-hybridized carbons (Fsp3) is 0.333. The highest BCUT2D eigenvalue weighted by molar-refractivity contribution is 6.23. The van der Waals surface area contributed by atoms with E-state index in [1.165, 1.54) is 11.1 Å². The van der Waals surface area contributed by atoms with Crippen molar-refractivity contribution in [2.24, 2.45) is 0 Å². The maximum Gasteiger partial charge on any atom is 0.0705 e. The summed E-state index contributed by atoms with van der Waals surface area (Å²) >= 11 is 5.88. The van der Waals surface area contributed by atoms with Gasteiger partial charge in [0.15, 0.2) is 0 Å². The van der Waals surface area contributed by atoms with Crippen LogP contribution in [0.15, 0.2) is 35.5 Å². The molecule has 0 heterocycles. The van der Waals surface area contributed by atoms with E-state index in [0.717, 1.165) is 0 Å². The zero-order valence-electron chi connectivity index (χ0n) is 6.26. The van der Waals surface area contributed by atoms with Crippen LogP contribution >= 0.6 is 11.6 Å². The van der Waals surface area contributed by atoms with Crippen molar-refractivity contribution < 1.29 is 0 Å². The Morgan fingerprint density at radius 1 is 1.30 bits per heavy atom. The van der Waals surface area contributed by atoms with Gasteiger partial charge in [0.05, 0.1) is 5.38 Å². The molecule has 1 atom stereocenters. The van der Waals surface area contributed by atoms with Crippen LogP contribution in [0, 0.1) is 0 Å². The topological polar surface area (TPSA) is 0 Å². The second-order valence-electron chi connectivity index (χ2n) is 2.53. The van der Waals surface area contributed by atoms with Crippen molar-refractivity contribution in [3.05, 3.63) is 35.5 Å². The third-order valence-electron chi connectivity index (χ3n) is 1.67. The van der Waals surface area contributed by atoms with Crippen LogP contribution < -0.4 is 0 Å². The van der Waals surface area contributed by atoms with Gasteiger partial charge in [0.1, 0.15) is 0 Å². The van der Waals surface area contributed by atoms with E-state index in [1.807, 2.05) is 12.2 Å². The van der Waals surface area contributed by atoms with Crippen LogP contribution in [-0.4, -0.2) is 5.38 Å². The first-order chi connectivity index (χ1) is 4.70. The minimum Gasteiger partial charge on any atom is -0.114 e. The number of halogens is 1. The molecule has 0 amide bonds. The summed E-state index contributed by atoms with van der Waals surface area (Å²) in [6.45, 7) is 4.17. The lowest BCUT2D eigenvalue weighted by Crippen LogP contribution is -1.86. The Balaban J connectivity index is 2.90. The highest BCUT2D eigenvalue weighted by atomic mass is 35.5. The molecule has 1 rings (SSSR count). The Kier molecular flexibility index (Phi) is 2.34. The van der Waals surface area contributed by atoms with Crippen LogP contribution in [0.25, 0.3) is 0 Å². The molecule has 0 saturated heterocycles. The molecule has 0 aromatic heterocycles. The molecule has 0 bridgehead atoms. The lowest BCUT2D eigenvalue weighted by molar-refractivity contribution is 1.29. The summed E-state index contributed by atoms with van der Waals surface area (Å²) in [4.78, 5) is 0. The van der Waals surface area contributed by atoms with Gasteiger partial charge in [-0.3, -0.25) is 0 Å². The van der Waals surface area contributed by atoms with Gasteiger partial charge < -0.3 is 0 Å². The minimum absolute atomic E-state index is 0.0636. The molecule has 10 heavy (non-hydrogen) atoms. The van der Waals surface area contributed by atoms with Crippen LogP contribution in [0.3, 0.4) is 0 Å². The molecule has 0 nitrogen and oxygen atoms in total. The summed E-state index contributed by atoms with van der Waals surface area (Å²) in [7, 11) is 0. The Hall–Kier alpha value is -0.490. The molecule has 0 aliphatic heterocycles. The quantitative estimate of drug-likeness (QED) is 0.471. The summed E-state index contributed by atoms with van der Waals surface area (Å²) in [5.74, 6) is 0. The monoisotopic (exact) mass is 154 g/mol. The van der Waals surface area contributed by atoms with Crippen molar-refractivity contribution in [2.45, 2.75) is 19.2 Å². The second-order valence-corrected chi connectivity index (χ2v) is 3.03. The summed E-state index contributed by atoms with van der Waals surface area (Å²) < 4.78 is 0. The molecule has 0 spiro atoms. The van der Waals surface area contributed by atoms with E-state index in [-0.39, 0.29) is 5.38 Å². The fourth-order valence-corrected chi connectivity index (χ4v) is 1.14. The number of hydrogen-bond donors (Lipinski definition) is 0. The molecule has 0 aromatic carbocycles. The van der Waals surface area contributed by atoms with Crippen molar-refractivity contribution >= 4 is 11.6 Å². The van der Waals surface area contributed by atoms with E-state index in [0.29, 0.717) is 0 Å². The van der Waals surface area contributed by atoms with Gasteiger partial charge in [0, 0.05) is 0 Å². The lowest BCUT2D eigenvalue weighted by Gasteiger charge is -1.98. The number of alkyl halides is 1. The summed E-state index contributed by atoms with van der Waals surface area (Å²) in [6, 6.07) is 0. The van der Waals surface area contributed by atoms with E-state index in [4.69, 9.17) is 11.6 Å². The van der Waals surface area contributed by atoms with Crippen LogP contribution in [0.5, 0.6) is 0 Å². The van der Waals surface area contributed by atoms with Gasteiger partial charge >= 0.3 is 0 Å². The third-order valence-corrected chi connectivity index (χ3v) is 1.94. The van der Waals surface area contributed by atoms with Crippen molar-refractivity contribution in [1.82, 2.24) is 0 Å². The van der Waals surface area contributed by atoms with E-state index in [9.17, 15) is 0 Å². The molecule has 1 aliphatic rings. The summed E-state index contributed by atoms with van der Waals surface area (Å²) in [5, 5.41) is 0.0636. The van der Waals surface area contributed by atoms with Gasteiger partial charge in [-0.15, -0.1) is 11.6 Å². The van der Waals surface area contributed by atoms with Crippen molar-refractivity contribution in [2.75, 3.05) is 0 Å². The smallest absolute Gasteiger partial charge is 0.0705 e. The zero-order valence-corrected chi connectivity index (χ0v) is 7.02. The van der Waals surface area contributed by atoms with Gasteiger partial charge in [0.25, 0.3) is 0 Å². The number of hydrogen-bond acceptors (Lipinski definition) is 0. The maximum absolute atomic E-state index is 5.88. The van der Waals surface area contributed by atoms with Crippen molar-refractivity contribution in [1.29, 1.82) is 0 Å². The Morgan fingerprint density at radius 3 is 2.70 bits per heavy atom. The lowest BCUT2D eigenvalue weighted by atomic mass is 10.1. The number of allylic oxidation sites excluding steroid dienone is 6. The third kappa shape index (κ3) is 1.74. The largest absolute Gasteiger partial charge is 0.114 e. The molecular weight excluding hydrogens is 144 g/mol. The second kappa shape index (κ2) is 3.07. The van der Waals surface area contributed by atoms with Crippen molar-refractivity contribution in [3.8, 4) is 0 Å². The highest BCUT2D eigenvalue weighted by Crippen LogP contribution is 2.15. The zero-order chi connectivity index (χ0) is 7.56. The first-order valence-corrected chi connectivity index (χ1v) is 3.82. The van der Waals surface area contributed by atoms with Gasteiger partial charge in [-0.25, -0.2) is 0 Å². The standard InChI is InChI=1S/C9H11Cl/c1-7-4-3-5-9(10)6-8(7)2/h3-6,9H,1-2H3. The Labute approximate surface area is 66.9 Å². The minimum atomic E-state index is 0.0636. The van der Waals surface area contributed by atoms with Crippen LogP contribution in [-0.2, 0) is 0 Å². The molecule has 1 aliphatic carbocycles. The molecule has 1 unspecified atom stereocenters. The predicted molar refractivity (Wildman–Crippen MR) is 46.3 cm³/mol. The molecular formula is C9H11Cl. The molecule has 0 radical (unpaired) electrons. The SMILES string of the molecule is CC1=CC=CC(Cl)C=C1C.